The highest BCUT2D eigenvalue weighted by atomic mass is 19.3. The van der Waals surface area contributed by atoms with E-state index < -0.39 is 5.92 Å². The second-order valence-electron chi connectivity index (χ2n) is 6.91. The number of fused-ring (bicyclic) bond motifs is 1. The maximum atomic E-state index is 13.6. The zero-order valence-corrected chi connectivity index (χ0v) is 13.8. The zero-order chi connectivity index (χ0) is 17.5. The molecular weight excluding hydrogens is 322 g/mol. The Kier molecular flexibility index (Phi) is 3.80. The summed E-state index contributed by atoms with van der Waals surface area (Å²) in [5.74, 6) is -2.57. The third kappa shape index (κ3) is 2.80. The second-order valence-corrected chi connectivity index (χ2v) is 6.91. The molecule has 1 aliphatic rings. The van der Waals surface area contributed by atoms with Crippen LogP contribution < -0.4 is 5.73 Å². The van der Waals surface area contributed by atoms with Gasteiger partial charge in [0.15, 0.2) is 5.65 Å². The normalized spacial score (nSPS) is 19.2. The molecule has 0 unspecified atom stereocenters. The van der Waals surface area contributed by atoms with Crippen molar-refractivity contribution in [2.24, 2.45) is 5.73 Å². The van der Waals surface area contributed by atoms with Crippen molar-refractivity contribution in [3.63, 3.8) is 0 Å². The van der Waals surface area contributed by atoms with Crippen LogP contribution in [0.5, 0.6) is 0 Å². The lowest BCUT2D eigenvalue weighted by atomic mass is 9.68. The van der Waals surface area contributed by atoms with E-state index in [2.05, 4.69) is 21.2 Å². The Balaban J connectivity index is 1.76. The number of benzene rings is 1. The zero-order valence-electron chi connectivity index (χ0n) is 13.8. The van der Waals surface area contributed by atoms with Crippen LogP contribution in [0.1, 0.15) is 31.2 Å². The summed E-state index contributed by atoms with van der Waals surface area (Å²) >= 11 is 0. The summed E-state index contributed by atoms with van der Waals surface area (Å²) in [5.41, 5.74) is 9.49. The average molecular weight is 342 g/mol. The summed E-state index contributed by atoms with van der Waals surface area (Å²) < 4.78 is 27.2. The van der Waals surface area contributed by atoms with E-state index in [0.29, 0.717) is 19.4 Å². The number of aromatic nitrogens is 3. The van der Waals surface area contributed by atoms with Crippen molar-refractivity contribution >= 4 is 11.0 Å². The number of alkyl halides is 2. The number of nitrogens with one attached hydrogen (secondary N) is 1. The molecular formula is C19H20F2N4. The molecule has 2 aromatic heterocycles. The molecule has 4 rings (SSSR count). The number of hydrogen-bond acceptors (Lipinski definition) is 3. The fourth-order valence-electron chi connectivity index (χ4n) is 3.82. The van der Waals surface area contributed by atoms with Crippen LogP contribution >= 0.6 is 0 Å². The van der Waals surface area contributed by atoms with Crippen LogP contribution in [0.15, 0.2) is 42.7 Å². The van der Waals surface area contributed by atoms with Gasteiger partial charge in [-0.3, -0.25) is 5.10 Å². The molecule has 0 radical (unpaired) electrons. The summed E-state index contributed by atoms with van der Waals surface area (Å²) in [6.45, 7) is 0.379. The summed E-state index contributed by atoms with van der Waals surface area (Å²) in [5, 5.41) is 7.87. The van der Waals surface area contributed by atoms with Gasteiger partial charge in [-0.2, -0.15) is 5.10 Å². The van der Waals surface area contributed by atoms with Crippen LogP contribution in [0.4, 0.5) is 8.78 Å². The van der Waals surface area contributed by atoms with Crippen LogP contribution in [0.25, 0.3) is 22.2 Å². The first kappa shape index (κ1) is 16.1. The first-order valence-corrected chi connectivity index (χ1v) is 8.50. The van der Waals surface area contributed by atoms with Crippen LogP contribution in [0, 0.1) is 0 Å². The van der Waals surface area contributed by atoms with Gasteiger partial charge >= 0.3 is 0 Å². The molecule has 6 heteroatoms. The number of H-pyrrole nitrogens is 1. The minimum Gasteiger partial charge on any atom is -0.330 e. The largest absolute Gasteiger partial charge is 0.330 e. The topological polar surface area (TPSA) is 67.6 Å². The molecule has 3 aromatic rings. The number of nitrogens with zero attached hydrogens (tertiary/aromatic N) is 2. The first-order valence-electron chi connectivity index (χ1n) is 8.50. The minimum atomic E-state index is -2.57. The molecule has 1 aromatic carbocycles. The molecule has 25 heavy (non-hydrogen) atoms. The number of rotatable bonds is 3. The predicted octanol–water partition coefficient (Wildman–Crippen LogP) is 4.03. The second kappa shape index (κ2) is 5.88. The fourth-order valence-corrected chi connectivity index (χ4v) is 3.82. The van der Waals surface area contributed by atoms with Gasteiger partial charge in [0.05, 0.1) is 6.20 Å². The Morgan fingerprint density at radius 3 is 2.68 bits per heavy atom. The molecule has 0 bridgehead atoms. The van der Waals surface area contributed by atoms with Gasteiger partial charge in [0.2, 0.25) is 5.92 Å². The molecule has 1 aliphatic carbocycles. The van der Waals surface area contributed by atoms with Crippen LogP contribution in [-0.4, -0.2) is 27.6 Å². The SMILES string of the molecule is NCC1(c2cccc(-c3ccnc4[nH]ncc34)c2)CCC(F)(F)CC1. The molecule has 4 nitrogen and oxygen atoms in total. The lowest BCUT2D eigenvalue weighted by Gasteiger charge is -2.40. The van der Waals surface area contributed by atoms with Crippen LogP contribution in [-0.2, 0) is 5.41 Å². The monoisotopic (exact) mass is 342 g/mol. The van der Waals surface area contributed by atoms with Gasteiger partial charge in [-0.15, -0.1) is 0 Å². The van der Waals surface area contributed by atoms with Crippen LogP contribution in [0.2, 0.25) is 0 Å². The molecule has 1 saturated carbocycles. The molecule has 130 valence electrons. The maximum Gasteiger partial charge on any atom is 0.248 e. The van der Waals surface area contributed by atoms with Crippen molar-refractivity contribution in [2.45, 2.75) is 37.0 Å². The fraction of sp³-hybridized carbons (Fsp3) is 0.368. The highest BCUT2D eigenvalue weighted by Crippen LogP contribution is 2.45. The molecule has 2 heterocycles. The Labute approximate surface area is 144 Å². The molecule has 0 spiro atoms. The van der Waals surface area contributed by atoms with E-state index in [-0.39, 0.29) is 18.3 Å². The Morgan fingerprint density at radius 2 is 1.92 bits per heavy atom. The molecule has 0 aliphatic heterocycles. The summed E-state index contributed by atoms with van der Waals surface area (Å²) in [4.78, 5) is 4.26. The number of nitrogens with two attached hydrogens (primary N) is 1. The molecule has 1 fully saturated rings. The first-order chi connectivity index (χ1) is 12.0. The smallest absolute Gasteiger partial charge is 0.248 e. The van der Waals surface area contributed by atoms with E-state index in [9.17, 15) is 8.78 Å². The van der Waals surface area contributed by atoms with E-state index in [0.717, 1.165) is 27.7 Å². The molecule has 0 saturated heterocycles. The van der Waals surface area contributed by atoms with E-state index in [1.54, 1.807) is 12.4 Å². The molecule has 3 N–H and O–H groups in total. The summed E-state index contributed by atoms with van der Waals surface area (Å²) in [7, 11) is 0. The number of hydrogen-bond donors (Lipinski definition) is 2. The van der Waals surface area contributed by atoms with Gasteiger partial charge in [-0.25, -0.2) is 13.8 Å². The standard InChI is InChI=1S/C19H20F2N4/c20-19(21)7-5-18(12-22,6-8-19)14-3-1-2-13(10-14)15-4-9-23-17-16(15)11-24-25-17/h1-4,9-11H,5-8,12,22H2,(H,23,24,25). The number of pyridine rings is 1. The van der Waals surface area contributed by atoms with E-state index in [1.807, 2.05) is 24.3 Å². The van der Waals surface area contributed by atoms with Crippen LogP contribution in [0.3, 0.4) is 0 Å². The van der Waals surface area contributed by atoms with Crippen molar-refractivity contribution in [3.8, 4) is 11.1 Å². The summed E-state index contributed by atoms with van der Waals surface area (Å²) in [6, 6.07) is 10.0. The Hall–Kier alpha value is -2.34. The van der Waals surface area contributed by atoms with Gasteiger partial charge in [0.1, 0.15) is 0 Å². The van der Waals surface area contributed by atoms with Gasteiger partial charge in [0, 0.05) is 36.4 Å². The van der Waals surface area contributed by atoms with E-state index >= 15 is 0 Å². The van der Waals surface area contributed by atoms with Gasteiger partial charge in [-0.1, -0.05) is 24.3 Å². The third-order valence-electron chi connectivity index (χ3n) is 5.47. The Bertz CT molecular complexity index is 893. The van der Waals surface area contributed by atoms with E-state index in [1.165, 1.54) is 0 Å². The van der Waals surface area contributed by atoms with Crippen molar-refractivity contribution < 1.29 is 8.78 Å². The highest BCUT2D eigenvalue weighted by molar-refractivity contribution is 5.92. The van der Waals surface area contributed by atoms with Crippen molar-refractivity contribution in [1.29, 1.82) is 0 Å². The minimum absolute atomic E-state index is 0.102. The lowest BCUT2D eigenvalue weighted by molar-refractivity contribution is -0.0509. The van der Waals surface area contributed by atoms with Crippen molar-refractivity contribution in [1.82, 2.24) is 15.2 Å². The van der Waals surface area contributed by atoms with Gasteiger partial charge in [-0.05, 0) is 35.6 Å². The Morgan fingerprint density at radius 1 is 1.12 bits per heavy atom. The predicted molar refractivity (Wildman–Crippen MR) is 93.5 cm³/mol. The molecule has 0 amide bonds. The summed E-state index contributed by atoms with van der Waals surface area (Å²) in [6.07, 6.45) is 4.12. The van der Waals surface area contributed by atoms with Gasteiger partial charge < -0.3 is 5.73 Å². The molecule has 0 atom stereocenters. The average Bonchev–Trinajstić information content (AvgIpc) is 3.11. The lowest BCUT2D eigenvalue weighted by Crippen LogP contribution is -2.42. The van der Waals surface area contributed by atoms with Crippen molar-refractivity contribution in [3.05, 3.63) is 48.3 Å². The quantitative estimate of drug-likeness (QED) is 0.755. The third-order valence-corrected chi connectivity index (χ3v) is 5.47. The van der Waals surface area contributed by atoms with Crippen molar-refractivity contribution in [2.75, 3.05) is 6.54 Å². The van der Waals surface area contributed by atoms with Gasteiger partial charge in [0.25, 0.3) is 0 Å². The van der Waals surface area contributed by atoms with E-state index in [4.69, 9.17) is 5.73 Å². The maximum absolute atomic E-state index is 13.6. The number of aromatic amines is 1. The highest BCUT2D eigenvalue weighted by Gasteiger charge is 2.43. The number of halogens is 2.